The van der Waals surface area contributed by atoms with E-state index in [0.717, 1.165) is 22.4 Å². The number of nitrogens with two attached hydrogens (primary N) is 1. The topological polar surface area (TPSA) is 103 Å². The van der Waals surface area contributed by atoms with Crippen molar-refractivity contribution in [1.29, 1.82) is 0 Å². The van der Waals surface area contributed by atoms with Crippen LogP contribution in [-0.4, -0.2) is 20.9 Å². The minimum Gasteiger partial charge on any atom is -0.457 e. The first kappa shape index (κ1) is 18.3. The Morgan fingerprint density at radius 3 is 2.52 bits per heavy atom. The lowest BCUT2D eigenvalue weighted by molar-refractivity contribution is -0.144. The van der Waals surface area contributed by atoms with Crippen molar-refractivity contribution in [3.8, 4) is 0 Å². The molecule has 138 valence electrons. The first-order valence-corrected chi connectivity index (χ1v) is 8.54. The second kappa shape index (κ2) is 8.27. The fourth-order valence-electron chi connectivity index (χ4n) is 2.48. The zero-order chi connectivity index (χ0) is 19.2. The average Bonchev–Trinajstić information content (AvgIpc) is 2.63. The number of hydrogen-bond acceptors (Lipinski definition) is 7. The highest BCUT2D eigenvalue weighted by atomic mass is 16.5. The molecule has 2 aromatic carbocycles. The molecule has 3 rings (SSSR count). The Morgan fingerprint density at radius 2 is 1.78 bits per heavy atom. The molecule has 0 fully saturated rings. The third-order valence-corrected chi connectivity index (χ3v) is 3.97. The number of carbonyl (C=O) groups is 1. The Hall–Kier alpha value is -3.48. The smallest absolute Gasteiger partial charge is 0.310 e. The van der Waals surface area contributed by atoms with Gasteiger partial charge in [-0.15, -0.1) is 0 Å². The van der Waals surface area contributed by atoms with Gasteiger partial charge in [-0.2, -0.15) is 15.0 Å². The van der Waals surface area contributed by atoms with Crippen molar-refractivity contribution in [3.05, 3.63) is 71.0 Å². The van der Waals surface area contributed by atoms with Crippen molar-refractivity contribution >= 4 is 23.6 Å². The van der Waals surface area contributed by atoms with Crippen LogP contribution < -0.4 is 11.1 Å². The summed E-state index contributed by atoms with van der Waals surface area (Å²) in [6.07, 6.45) is 0.196. The van der Waals surface area contributed by atoms with Crippen molar-refractivity contribution in [2.24, 2.45) is 0 Å². The standard InChI is InChI=1S/C20H21N5O2/c1-13-7-9-16(10-8-13)22-20-24-17(23-19(21)25-20)12-27-18(26)11-15-6-4-3-5-14(15)2/h3-10H,11-12H2,1-2H3,(H3,21,22,23,24,25). The second-order valence-electron chi connectivity index (χ2n) is 6.19. The number of hydrogen-bond donors (Lipinski definition) is 2. The third-order valence-electron chi connectivity index (χ3n) is 3.97. The number of nitrogens with zero attached hydrogens (tertiary/aromatic N) is 3. The van der Waals surface area contributed by atoms with Crippen LogP contribution in [0.5, 0.6) is 0 Å². The number of aryl methyl sites for hydroxylation is 2. The van der Waals surface area contributed by atoms with Gasteiger partial charge in [-0.3, -0.25) is 4.79 Å². The Labute approximate surface area is 157 Å². The number of benzene rings is 2. The molecule has 0 saturated carbocycles. The SMILES string of the molecule is Cc1ccc(Nc2nc(N)nc(COC(=O)Cc3ccccc3C)n2)cc1. The molecule has 0 amide bonds. The predicted molar refractivity (Wildman–Crippen MR) is 103 cm³/mol. The Kier molecular flexibility index (Phi) is 5.61. The number of aromatic nitrogens is 3. The number of rotatable bonds is 6. The molecule has 0 radical (unpaired) electrons. The molecule has 3 aromatic rings. The number of nitrogens with one attached hydrogen (secondary N) is 1. The minimum atomic E-state index is -0.351. The molecular weight excluding hydrogens is 342 g/mol. The van der Waals surface area contributed by atoms with Gasteiger partial charge in [0.1, 0.15) is 0 Å². The summed E-state index contributed by atoms with van der Waals surface area (Å²) in [6, 6.07) is 15.5. The lowest BCUT2D eigenvalue weighted by atomic mass is 10.1. The number of anilines is 3. The van der Waals surface area contributed by atoms with Crippen molar-refractivity contribution in [3.63, 3.8) is 0 Å². The average molecular weight is 363 g/mol. The fraction of sp³-hybridized carbons (Fsp3) is 0.200. The van der Waals surface area contributed by atoms with Crippen molar-refractivity contribution in [1.82, 2.24) is 15.0 Å². The van der Waals surface area contributed by atoms with Gasteiger partial charge in [-0.25, -0.2) is 0 Å². The summed E-state index contributed by atoms with van der Waals surface area (Å²) in [6.45, 7) is 3.90. The van der Waals surface area contributed by atoms with Crippen LogP contribution in [0.25, 0.3) is 0 Å². The lowest BCUT2D eigenvalue weighted by Gasteiger charge is -2.09. The first-order chi connectivity index (χ1) is 13.0. The zero-order valence-electron chi connectivity index (χ0n) is 15.3. The molecule has 27 heavy (non-hydrogen) atoms. The fourth-order valence-corrected chi connectivity index (χ4v) is 2.48. The number of carbonyl (C=O) groups excluding carboxylic acids is 1. The normalized spacial score (nSPS) is 10.4. The molecule has 0 saturated heterocycles. The summed E-state index contributed by atoms with van der Waals surface area (Å²) in [5.41, 5.74) is 9.70. The van der Waals surface area contributed by atoms with Crippen LogP contribution >= 0.6 is 0 Å². The van der Waals surface area contributed by atoms with Gasteiger partial charge in [0.05, 0.1) is 6.42 Å². The largest absolute Gasteiger partial charge is 0.457 e. The Balaban J connectivity index is 1.63. The summed E-state index contributed by atoms with van der Waals surface area (Å²) < 4.78 is 5.29. The predicted octanol–water partition coefficient (Wildman–Crippen LogP) is 3.10. The summed E-state index contributed by atoms with van der Waals surface area (Å²) in [5, 5.41) is 3.06. The molecule has 7 nitrogen and oxygen atoms in total. The first-order valence-electron chi connectivity index (χ1n) is 8.54. The highest BCUT2D eigenvalue weighted by molar-refractivity contribution is 5.73. The van der Waals surface area contributed by atoms with Gasteiger partial charge in [0.25, 0.3) is 0 Å². The second-order valence-corrected chi connectivity index (χ2v) is 6.19. The van der Waals surface area contributed by atoms with Crippen LogP contribution in [0.15, 0.2) is 48.5 Å². The zero-order valence-corrected chi connectivity index (χ0v) is 15.3. The molecule has 1 aromatic heterocycles. The van der Waals surface area contributed by atoms with Crippen LogP contribution in [-0.2, 0) is 22.6 Å². The summed E-state index contributed by atoms with van der Waals surface area (Å²) in [7, 11) is 0. The minimum absolute atomic E-state index is 0.0598. The monoisotopic (exact) mass is 363 g/mol. The van der Waals surface area contributed by atoms with Crippen molar-refractivity contribution in [2.45, 2.75) is 26.9 Å². The van der Waals surface area contributed by atoms with Crippen molar-refractivity contribution < 1.29 is 9.53 Å². The van der Waals surface area contributed by atoms with E-state index in [1.54, 1.807) is 0 Å². The van der Waals surface area contributed by atoms with Crippen LogP contribution in [0.1, 0.15) is 22.5 Å². The van der Waals surface area contributed by atoms with E-state index in [0.29, 0.717) is 5.95 Å². The van der Waals surface area contributed by atoms with Gasteiger partial charge in [-0.1, -0.05) is 42.0 Å². The van der Waals surface area contributed by atoms with Crippen LogP contribution in [0.3, 0.4) is 0 Å². The van der Waals surface area contributed by atoms with Gasteiger partial charge in [-0.05, 0) is 37.1 Å². The molecule has 0 aliphatic rings. The van der Waals surface area contributed by atoms with E-state index in [1.807, 2.05) is 62.4 Å². The maximum absolute atomic E-state index is 12.1. The van der Waals surface area contributed by atoms with E-state index < -0.39 is 0 Å². The van der Waals surface area contributed by atoms with E-state index in [-0.39, 0.29) is 30.8 Å². The van der Waals surface area contributed by atoms with E-state index in [4.69, 9.17) is 10.5 Å². The third kappa shape index (κ3) is 5.24. The van der Waals surface area contributed by atoms with Crippen LogP contribution in [0.4, 0.5) is 17.6 Å². The van der Waals surface area contributed by atoms with Crippen LogP contribution in [0.2, 0.25) is 0 Å². The quantitative estimate of drug-likeness (QED) is 0.649. The molecule has 0 atom stereocenters. The van der Waals surface area contributed by atoms with E-state index in [2.05, 4.69) is 20.3 Å². The van der Waals surface area contributed by atoms with Gasteiger partial charge in [0, 0.05) is 5.69 Å². The summed E-state index contributed by atoms with van der Waals surface area (Å²) >= 11 is 0. The molecule has 0 aliphatic carbocycles. The summed E-state index contributed by atoms with van der Waals surface area (Å²) in [4.78, 5) is 24.4. The van der Waals surface area contributed by atoms with E-state index in [9.17, 15) is 4.79 Å². The molecule has 0 unspecified atom stereocenters. The molecule has 0 bridgehead atoms. The highest BCUT2D eigenvalue weighted by Crippen LogP contribution is 2.15. The van der Waals surface area contributed by atoms with Crippen LogP contribution in [0, 0.1) is 13.8 Å². The Bertz CT molecular complexity index is 941. The number of nitrogen functional groups attached to an aromatic ring is 1. The van der Waals surface area contributed by atoms with E-state index in [1.165, 1.54) is 0 Å². The lowest BCUT2D eigenvalue weighted by Crippen LogP contribution is -2.12. The van der Waals surface area contributed by atoms with Gasteiger partial charge in [0.2, 0.25) is 11.9 Å². The van der Waals surface area contributed by atoms with E-state index >= 15 is 0 Å². The summed E-state index contributed by atoms with van der Waals surface area (Å²) in [5.74, 6) is 0.299. The Morgan fingerprint density at radius 1 is 1.04 bits per heavy atom. The molecule has 3 N–H and O–H groups in total. The number of esters is 1. The molecule has 0 aliphatic heterocycles. The van der Waals surface area contributed by atoms with Gasteiger partial charge < -0.3 is 15.8 Å². The molecule has 1 heterocycles. The number of ether oxygens (including phenoxy) is 1. The molecule has 0 spiro atoms. The van der Waals surface area contributed by atoms with Gasteiger partial charge >= 0.3 is 5.97 Å². The highest BCUT2D eigenvalue weighted by Gasteiger charge is 2.10. The van der Waals surface area contributed by atoms with Crippen molar-refractivity contribution in [2.75, 3.05) is 11.1 Å². The molecule has 7 heteroatoms. The molecular formula is C20H21N5O2. The van der Waals surface area contributed by atoms with Gasteiger partial charge in [0.15, 0.2) is 12.4 Å². The maximum atomic E-state index is 12.1. The maximum Gasteiger partial charge on any atom is 0.310 e.